The second-order valence-corrected chi connectivity index (χ2v) is 3.69. The fraction of sp³-hybridized carbons (Fsp3) is 0.333. The van der Waals surface area contributed by atoms with E-state index in [4.69, 9.17) is 15.7 Å². The largest absolute Gasteiger partial charge is 0.497 e. The summed E-state index contributed by atoms with van der Waals surface area (Å²) >= 11 is 0. The van der Waals surface area contributed by atoms with Crippen molar-refractivity contribution in [2.45, 2.75) is 19.4 Å². The van der Waals surface area contributed by atoms with Crippen LogP contribution in [0.2, 0.25) is 0 Å². The number of nitrogens with two attached hydrogens (primary N) is 1. The number of nitrogens with zero attached hydrogens (tertiary/aromatic N) is 1. The van der Waals surface area contributed by atoms with E-state index in [1.54, 1.807) is 24.3 Å². The predicted molar refractivity (Wildman–Crippen MR) is 67.9 cm³/mol. The molecule has 1 atom stereocenters. The molecule has 0 heterocycles. The first-order valence-electron chi connectivity index (χ1n) is 5.54. The van der Waals surface area contributed by atoms with Crippen LogP contribution in [0.15, 0.2) is 29.4 Å². The monoisotopic (exact) mass is 251 g/mol. The first kappa shape index (κ1) is 13.8. The number of rotatable bonds is 5. The van der Waals surface area contributed by atoms with Crippen LogP contribution in [0.1, 0.15) is 23.7 Å². The van der Waals surface area contributed by atoms with Crippen molar-refractivity contribution in [3.63, 3.8) is 0 Å². The van der Waals surface area contributed by atoms with Crippen molar-refractivity contribution in [1.82, 2.24) is 5.32 Å². The molecule has 0 spiro atoms. The summed E-state index contributed by atoms with van der Waals surface area (Å²) < 4.78 is 5.04. The fourth-order valence-corrected chi connectivity index (χ4v) is 1.46. The van der Waals surface area contributed by atoms with Gasteiger partial charge in [0.25, 0.3) is 5.91 Å². The topological polar surface area (TPSA) is 96.9 Å². The highest BCUT2D eigenvalue weighted by molar-refractivity contribution is 5.98. The molecular formula is C12H17N3O3. The highest BCUT2D eigenvalue weighted by atomic mass is 16.5. The van der Waals surface area contributed by atoms with Crippen LogP contribution in [0.4, 0.5) is 0 Å². The van der Waals surface area contributed by atoms with E-state index in [1.165, 1.54) is 7.11 Å². The van der Waals surface area contributed by atoms with Crippen LogP contribution in [0.3, 0.4) is 0 Å². The first-order chi connectivity index (χ1) is 8.62. The van der Waals surface area contributed by atoms with Gasteiger partial charge in [-0.15, -0.1) is 0 Å². The van der Waals surface area contributed by atoms with Crippen molar-refractivity contribution < 1.29 is 14.7 Å². The molecule has 1 aromatic rings. The molecule has 98 valence electrons. The molecular weight excluding hydrogens is 234 g/mol. The van der Waals surface area contributed by atoms with Gasteiger partial charge in [-0.2, -0.15) is 0 Å². The smallest absolute Gasteiger partial charge is 0.252 e. The molecule has 4 N–H and O–H groups in total. The number of ether oxygens (including phenoxy) is 1. The maximum atomic E-state index is 11.9. The van der Waals surface area contributed by atoms with Gasteiger partial charge in [-0.05, 0) is 24.6 Å². The summed E-state index contributed by atoms with van der Waals surface area (Å²) in [5.74, 6) is 0.278. The maximum absolute atomic E-state index is 11.9. The van der Waals surface area contributed by atoms with Crippen molar-refractivity contribution in [3.05, 3.63) is 29.8 Å². The summed E-state index contributed by atoms with van der Waals surface area (Å²) in [6.07, 6.45) is 0.533. The van der Waals surface area contributed by atoms with E-state index in [1.807, 2.05) is 6.92 Å². The second kappa shape index (κ2) is 6.48. The van der Waals surface area contributed by atoms with E-state index < -0.39 is 6.04 Å². The van der Waals surface area contributed by atoms with Gasteiger partial charge in [0.1, 0.15) is 5.75 Å². The Balaban J connectivity index is 2.80. The lowest BCUT2D eigenvalue weighted by molar-refractivity contribution is 0.0945. The summed E-state index contributed by atoms with van der Waals surface area (Å²) in [6, 6.07) is 6.26. The number of amidine groups is 1. The summed E-state index contributed by atoms with van der Waals surface area (Å²) in [6.45, 7) is 1.83. The molecule has 1 rings (SSSR count). The van der Waals surface area contributed by atoms with E-state index in [9.17, 15) is 4.79 Å². The number of carbonyl (C=O) groups is 1. The number of nitrogens with one attached hydrogen (secondary N) is 1. The van der Waals surface area contributed by atoms with Gasteiger partial charge < -0.3 is 21.0 Å². The third kappa shape index (κ3) is 3.38. The zero-order valence-electron chi connectivity index (χ0n) is 10.4. The van der Waals surface area contributed by atoms with Crippen LogP contribution in [0, 0.1) is 0 Å². The van der Waals surface area contributed by atoms with Crippen LogP contribution >= 0.6 is 0 Å². The third-order valence-corrected chi connectivity index (χ3v) is 2.52. The Bertz CT molecular complexity index is 446. The van der Waals surface area contributed by atoms with Gasteiger partial charge in [-0.3, -0.25) is 4.79 Å². The van der Waals surface area contributed by atoms with Crippen molar-refractivity contribution in [2.24, 2.45) is 10.9 Å². The molecule has 0 saturated carbocycles. The Kier molecular flexibility index (Phi) is 4.98. The molecule has 6 nitrogen and oxygen atoms in total. The molecule has 6 heteroatoms. The number of carbonyl (C=O) groups excluding carboxylic acids is 1. The zero-order chi connectivity index (χ0) is 13.5. The lowest BCUT2D eigenvalue weighted by Gasteiger charge is -2.15. The average Bonchev–Trinajstić information content (AvgIpc) is 2.43. The molecule has 0 aliphatic carbocycles. The van der Waals surface area contributed by atoms with Gasteiger partial charge in [-0.25, -0.2) is 0 Å². The molecule has 0 saturated heterocycles. The molecule has 0 fully saturated rings. The Hall–Kier alpha value is -2.24. The number of oxime groups is 1. The van der Waals surface area contributed by atoms with Crippen LogP contribution in [0.5, 0.6) is 5.75 Å². The van der Waals surface area contributed by atoms with Gasteiger partial charge in [-0.1, -0.05) is 18.1 Å². The Morgan fingerprint density at radius 3 is 2.89 bits per heavy atom. The van der Waals surface area contributed by atoms with E-state index in [0.29, 0.717) is 17.7 Å². The Morgan fingerprint density at radius 2 is 2.33 bits per heavy atom. The van der Waals surface area contributed by atoms with Gasteiger partial charge >= 0.3 is 0 Å². The van der Waals surface area contributed by atoms with Gasteiger partial charge in [0.2, 0.25) is 0 Å². The summed E-state index contributed by atoms with van der Waals surface area (Å²) in [4.78, 5) is 11.9. The molecule has 0 aliphatic heterocycles. The third-order valence-electron chi connectivity index (χ3n) is 2.52. The standard InChI is InChI=1S/C12H17N3O3/c1-3-10(11(13)15-17)14-12(16)8-5-4-6-9(7-8)18-2/h4-7,10,17H,3H2,1-2H3,(H2,13,15)(H,14,16). The van der Waals surface area contributed by atoms with Gasteiger partial charge in [0.05, 0.1) is 13.2 Å². The molecule has 0 bridgehead atoms. The lowest BCUT2D eigenvalue weighted by atomic mass is 10.1. The van der Waals surface area contributed by atoms with Crippen LogP contribution in [-0.2, 0) is 0 Å². The van der Waals surface area contributed by atoms with E-state index in [2.05, 4.69) is 10.5 Å². The van der Waals surface area contributed by atoms with Crippen molar-refractivity contribution >= 4 is 11.7 Å². The minimum Gasteiger partial charge on any atom is -0.497 e. The summed E-state index contributed by atoms with van der Waals surface area (Å²) in [7, 11) is 1.53. The van der Waals surface area contributed by atoms with Crippen LogP contribution < -0.4 is 15.8 Å². The van der Waals surface area contributed by atoms with E-state index in [0.717, 1.165) is 0 Å². The lowest BCUT2D eigenvalue weighted by Crippen LogP contribution is -2.44. The maximum Gasteiger partial charge on any atom is 0.252 e. The number of hydrogen-bond donors (Lipinski definition) is 3. The molecule has 1 aromatic carbocycles. The Labute approximate surface area is 105 Å². The van der Waals surface area contributed by atoms with Crippen molar-refractivity contribution in [3.8, 4) is 5.75 Å². The molecule has 1 amide bonds. The quantitative estimate of drug-likeness (QED) is 0.314. The number of hydrogen-bond acceptors (Lipinski definition) is 4. The minimum atomic E-state index is -0.492. The Morgan fingerprint density at radius 1 is 1.61 bits per heavy atom. The van der Waals surface area contributed by atoms with Crippen LogP contribution in [-0.4, -0.2) is 30.1 Å². The fourth-order valence-electron chi connectivity index (χ4n) is 1.46. The van der Waals surface area contributed by atoms with Crippen molar-refractivity contribution in [2.75, 3.05) is 7.11 Å². The van der Waals surface area contributed by atoms with Gasteiger partial charge in [0, 0.05) is 5.56 Å². The highest BCUT2D eigenvalue weighted by Gasteiger charge is 2.16. The highest BCUT2D eigenvalue weighted by Crippen LogP contribution is 2.12. The second-order valence-electron chi connectivity index (χ2n) is 3.69. The number of amides is 1. The SMILES string of the molecule is CCC(NC(=O)c1cccc(OC)c1)/C(N)=N/O. The first-order valence-corrected chi connectivity index (χ1v) is 5.54. The van der Waals surface area contributed by atoms with E-state index >= 15 is 0 Å². The van der Waals surface area contributed by atoms with Crippen molar-refractivity contribution in [1.29, 1.82) is 0 Å². The normalized spacial score (nSPS) is 12.9. The molecule has 0 aliphatic rings. The molecule has 18 heavy (non-hydrogen) atoms. The number of benzene rings is 1. The van der Waals surface area contributed by atoms with E-state index in [-0.39, 0.29) is 11.7 Å². The summed E-state index contributed by atoms with van der Waals surface area (Å²) in [5, 5.41) is 14.2. The predicted octanol–water partition coefficient (Wildman–Crippen LogP) is 0.950. The molecule has 0 aromatic heterocycles. The molecule has 0 radical (unpaired) electrons. The summed E-state index contributed by atoms with van der Waals surface area (Å²) in [5.41, 5.74) is 5.93. The van der Waals surface area contributed by atoms with Gasteiger partial charge in [0.15, 0.2) is 5.84 Å². The van der Waals surface area contributed by atoms with Crippen LogP contribution in [0.25, 0.3) is 0 Å². The average molecular weight is 251 g/mol. The zero-order valence-corrected chi connectivity index (χ0v) is 10.4. The minimum absolute atomic E-state index is 0.0197. The molecule has 1 unspecified atom stereocenters. The number of methoxy groups -OCH3 is 1.